The van der Waals surface area contributed by atoms with Crippen molar-refractivity contribution in [3.8, 4) is 0 Å². The van der Waals surface area contributed by atoms with Gasteiger partial charge in [0.2, 0.25) is 11.8 Å². The summed E-state index contributed by atoms with van der Waals surface area (Å²) in [6.45, 7) is 1.72. The number of rotatable bonds is 6. The van der Waals surface area contributed by atoms with Gasteiger partial charge < -0.3 is 16.5 Å². The average molecular weight is 451 g/mol. The van der Waals surface area contributed by atoms with Crippen LogP contribution in [0.2, 0.25) is 0 Å². The van der Waals surface area contributed by atoms with Gasteiger partial charge in [0.1, 0.15) is 32.1 Å². The first kappa shape index (κ1) is 21.1. The molecule has 11 nitrogen and oxygen atoms in total. The second kappa shape index (κ2) is 8.15. The first-order chi connectivity index (χ1) is 15.2. The molecule has 0 spiro atoms. The number of carbonyl (C=O) groups excluding carboxylic acids is 2. The van der Waals surface area contributed by atoms with Crippen LogP contribution in [-0.4, -0.2) is 37.2 Å². The highest BCUT2D eigenvalue weighted by Gasteiger charge is 2.21. The van der Waals surface area contributed by atoms with Crippen molar-refractivity contribution in [1.82, 2.24) is 19.6 Å². The van der Waals surface area contributed by atoms with Crippen molar-refractivity contribution in [3.63, 3.8) is 0 Å². The molecule has 32 heavy (non-hydrogen) atoms. The third-order valence-electron chi connectivity index (χ3n) is 4.57. The van der Waals surface area contributed by atoms with Crippen LogP contribution in [0.5, 0.6) is 0 Å². The molecule has 5 N–H and O–H groups in total. The number of nitrogens with one attached hydrogen (secondary N) is 1. The van der Waals surface area contributed by atoms with Crippen molar-refractivity contribution in [1.29, 1.82) is 0 Å². The number of fused-ring (bicyclic) bond motifs is 3. The molecule has 1 aromatic carbocycles. The maximum atomic E-state index is 13.3. The van der Waals surface area contributed by atoms with E-state index >= 15 is 0 Å². The molecule has 12 heteroatoms. The van der Waals surface area contributed by atoms with Crippen LogP contribution in [0.15, 0.2) is 45.0 Å². The first-order valence-corrected chi connectivity index (χ1v) is 10.2. The van der Waals surface area contributed by atoms with Crippen LogP contribution in [0.4, 0.5) is 0 Å². The van der Waals surface area contributed by atoms with E-state index in [9.17, 15) is 19.2 Å². The molecular weight excluding hydrogens is 434 g/mol. The lowest BCUT2D eigenvalue weighted by molar-refractivity contribution is -0.118. The van der Waals surface area contributed by atoms with E-state index in [0.717, 1.165) is 21.6 Å². The summed E-state index contributed by atoms with van der Waals surface area (Å²) in [6.07, 6.45) is -0.621. The van der Waals surface area contributed by atoms with Crippen LogP contribution in [0.3, 0.4) is 0 Å². The largest absolute Gasteiger partial charge is 0.369 e. The standard InChI is InChI=1S/C20H17N7O4S/c1-9(10-5-3-2-4-6-10)26-27-14(8-12(22)29)25-16-15-18(30)23-13(7-11(21)28)24-19(15)32-17(16)20(27)31/h2-6H,7-8H2,1H3,(H2,21,28)(H2,22,29)(H,23,24,30)/b26-9+. The molecule has 0 atom stereocenters. The monoisotopic (exact) mass is 451 g/mol. The number of thiophene rings is 1. The second-order valence-corrected chi connectivity index (χ2v) is 7.95. The third-order valence-corrected chi connectivity index (χ3v) is 5.63. The van der Waals surface area contributed by atoms with E-state index in [1.807, 2.05) is 30.3 Å². The Morgan fingerprint density at radius 2 is 1.78 bits per heavy atom. The lowest BCUT2D eigenvalue weighted by Gasteiger charge is -2.08. The summed E-state index contributed by atoms with van der Waals surface area (Å²) in [5.74, 6) is -1.31. The van der Waals surface area contributed by atoms with E-state index in [1.54, 1.807) is 6.92 Å². The molecule has 2 amide bonds. The number of nitrogens with two attached hydrogens (primary N) is 2. The van der Waals surface area contributed by atoms with Gasteiger partial charge >= 0.3 is 0 Å². The maximum absolute atomic E-state index is 13.3. The van der Waals surface area contributed by atoms with Gasteiger partial charge in [-0.05, 0) is 12.5 Å². The van der Waals surface area contributed by atoms with E-state index in [2.05, 4.69) is 20.1 Å². The van der Waals surface area contributed by atoms with Crippen LogP contribution in [0.25, 0.3) is 20.4 Å². The van der Waals surface area contributed by atoms with Gasteiger partial charge in [-0.3, -0.25) is 19.2 Å². The van der Waals surface area contributed by atoms with E-state index in [4.69, 9.17) is 11.5 Å². The maximum Gasteiger partial charge on any atom is 0.292 e. The third kappa shape index (κ3) is 3.90. The highest BCUT2D eigenvalue weighted by molar-refractivity contribution is 7.25. The molecule has 0 aliphatic heterocycles. The summed E-state index contributed by atoms with van der Waals surface area (Å²) in [4.78, 5) is 60.1. The van der Waals surface area contributed by atoms with Crippen LogP contribution >= 0.6 is 11.3 Å². The molecule has 0 saturated heterocycles. The molecule has 0 saturated carbocycles. The van der Waals surface area contributed by atoms with Crippen LogP contribution in [0.1, 0.15) is 24.1 Å². The SMILES string of the molecule is C/C(=N\n1c(CC(N)=O)nc2c(sc3nc(CC(N)=O)[nH]c(=O)c32)c1=O)c1ccccc1. The van der Waals surface area contributed by atoms with Crippen molar-refractivity contribution in [2.24, 2.45) is 16.6 Å². The van der Waals surface area contributed by atoms with Crippen LogP contribution in [0, 0.1) is 0 Å². The molecule has 3 aromatic heterocycles. The number of hydrogen-bond acceptors (Lipinski definition) is 8. The zero-order chi connectivity index (χ0) is 23.0. The number of primary amides is 2. The highest BCUT2D eigenvalue weighted by Crippen LogP contribution is 2.27. The van der Waals surface area contributed by atoms with Gasteiger partial charge in [0, 0.05) is 0 Å². The normalized spacial score (nSPS) is 11.8. The Balaban J connectivity index is 2.00. The van der Waals surface area contributed by atoms with Gasteiger partial charge in [-0.15, -0.1) is 11.3 Å². The molecule has 4 aromatic rings. The van der Waals surface area contributed by atoms with E-state index < -0.39 is 22.9 Å². The smallest absolute Gasteiger partial charge is 0.292 e. The predicted octanol–water partition coefficient (Wildman–Crippen LogP) is 0.0224. The van der Waals surface area contributed by atoms with Gasteiger partial charge in [0.25, 0.3) is 11.1 Å². The minimum absolute atomic E-state index is 0.00871. The molecule has 0 unspecified atom stereocenters. The van der Waals surface area contributed by atoms with Gasteiger partial charge in [-0.1, -0.05) is 30.3 Å². The van der Waals surface area contributed by atoms with E-state index in [1.165, 1.54) is 0 Å². The number of carbonyl (C=O) groups is 2. The number of hydrogen-bond donors (Lipinski definition) is 3. The van der Waals surface area contributed by atoms with E-state index in [-0.39, 0.29) is 44.9 Å². The van der Waals surface area contributed by atoms with Crippen molar-refractivity contribution in [3.05, 3.63) is 68.3 Å². The average Bonchev–Trinajstić information content (AvgIpc) is 3.09. The minimum atomic E-state index is -0.715. The predicted molar refractivity (Wildman–Crippen MR) is 120 cm³/mol. The Hall–Kier alpha value is -4.19. The molecule has 162 valence electrons. The molecule has 0 radical (unpaired) electrons. The Labute approximate surface area is 183 Å². The summed E-state index contributed by atoms with van der Waals surface area (Å²) in [5, 5.41) is 4.45. The lowest BCUT2D eigenvalue weighted by Crippen LogP contribution is -2.26. The Morgan fingerprint density at radius 3 is 2.44 bits per heavy atom. The summed E-state index contributed by atoms with van der Waals surface area (Å²) < 4.78 is 1.15. The van der Waals surface area contributed by atoms with Gasteiger partial charge in [-0.25, -0.2) is 9.97 Å². The molecule has 4 rings (SSSR count). The van der Waals surface area contributed by atoms with Gasteiger partial charge in [0.15, 0.2) is 0 Å². The molecule has 3 heterocycles. The number of H-pyrrole nitrogens is 1. The summed E-state index contributed by atoms with van der Waals surface area (Å²) in [5.41, 5.74) is 10.8. The molecular formula is C20H17N7O4S. The van der Waals surface area contributed by atoms with Crippen molar-refractivity contribution >= 4 is 49.3 Å². The van der Waals surface area contributed by atoms with Crippen molar-refractivity contribution in [2.45, 2.75) is 19.8 Å². The molecule has 0 fully saturated rings. The fourth-order valence-corrected chi connectivity index (χ4v) is 4.25. The zero-order valence-electron chi connectivity index (χ0n) is 16.8. The fourth-order valence-electron chi connectivity index (χ4n) is 3.19. The number of aromatic amines is 1. The molecule has 0 bridgehead atoms. The highest BCUT2D eigenvalue weighted by atomic mass is 32.1. The second-order valence-electron chi connectivity index (χ2n) is 6.96. The summed E-state index contributed by atoms with van der Waals surface area (Å²) in [7, 11) is 0. The quantitative estimate of drug-likeness (QED) is 0.348. The van der Waals surface area contributed by atoms with Crippen LogP contribution < -0.4 is 22.6 Å². The number of benzene rings is 1. The van der Waals surface area contributed by atoms with Crippen molar-refractivity contribution in [2.75, 3.05) is 0 Å². The topological polar surface area (TPSA) is 179 Å². The summed E-state index contributed by atoms with van der Waals surface area (Å²) >= 11 is 0.944. The Morgan fingerprint density at radius 1 is 1.09 bits per heavy atom. The minimum Gasteiger partial charge on any atom is -0.369 e. The molecule has 0 aliphatic carbocycles. The van der Waals surface area contributed by atoms with Crippen LogP contribution in [-0.2, 0) is 22.4 Å². The lowest BCUT2D eigenvalue weighted by atomic mass is 10.1. The van der Waals surface area contributed by atoms with Crippen molar-refractivity contribution < 1.29 is 9.59 Å². The zero-order valence-corrected chi connectivity index (χ0v) is 17.6. The number of aromatic nitrogens is 4. The number of amides is 2. The Bertz CT molecular complexity index is 1530. The fraction of sp³-hybridized carbons (Fsp3) is 0.150. The van der Waals surface area contributed by atoms with Gasteiger partial charge in [-0.2, -0.15) is 9.78 Å². The molecule has 0 aliphatic rings. The number of nitrogens with zero attached hydrogens (tertiary/aromatic N) is 4. The van der Waals surface area contributed by atoms with E-state index in [0.29, 0.717) is 5.71 Å². The Kier molecular flexibility index (Phi) is 5.36. The summed E-state index contributed by atoms with van der Waals surface area (Å²) in [6, 6.07) is 9.16. The van der Waals surface area contributed by atoms with Gasteiger partial charge in [0.05, 0.1) is 18.6 Å². The first-order valence-electron chi connectivity index (χ1n) is 9.39.